The number of anilines is 2. The average Bonchev–Trinajstić information content (AvgIpc) is 2.44. The van der Waals surface area contributed by atoms with Crippen molar-refractivity contribution in [3.8, 4) is 0 Å². The maximum Gasteiger partial charge on any atom is 0.323 e. The van der Waals surface area contributed by atoms with Gasteiger partial charge in [-0.15, -0.1) is 0 Å². The van der Waals surface area contributed by atoms with Crippen LogP contribution in [-0.2, 0) is 6.42 Å². The Kier molecular flexibility index (Phi) is 4.86. The van der Waals surface area contributed by atoms with Crippen LogP contribution in [0, 0.1) is 13.8 Å². The van der Waals surface area contributed by atoms with E-state index in [-0.39, 0.29) is 6.03 Å². The smallest absolute Gasteiger partial charge is 0.307 e. The van der Waals surface area contributed by atoms with Gasteiger partial charge in [0.15, 0.2) is 0 Å². The Hall–Kier alpha value is -2.00. The standard InChI is InChI=1S/C17H19ClN2O/c1-4-13-7-5-6-11(2)16(13)20-17(21)19-15-9-8-14(18)10-12(15)3/h5-10H,4H2,1-3H3,(H2,19,20,21). The normalized spacial score (nSPS) is 10.3. The first-order valence-electron chi connectivity index (χ1n) is 6.94. The van der Waals surface area contributed by atoms with Gasteiger partial charge in [0.05, 0.1) is 0 Å². The van der Waals surface area contributed by atoms with Crippen molar-refractivity contribution >= 4 is 29.0 Å². The first-order valence-corrected chi connectivity index (χ1v) is 7.31. The van der Waals surface area contributed by atoms with E-state index in [1.807, 2.05) is 38.1 Å². The summed E-state index contributed by atoms with van der Waals surface area (Å²) >= 11 is 5.92. The van der Waals surface area contributed by atoms with Crippen LogP contribution in [0.25, 0.3) is 0 Å². The summed E-state index contributed by atoms with van der Waals surface area (Å²) in [5, 5.41) is 6.45. The third kappa shape index (κ3) is 3.76. The van der Waals surface area contributed by atoms with E-state index in [0.717, 1.165) is 34.5 Å². The van der Waals surface area contributed by atoms with E-state index in [4.69, 9.17) is 11.6 Å². The van der Waals surface area contributed by atoms with E-state index in [2.05, 4.69) is 17.6 Å². The summed E-state index contributed by atoms with van der Waals surface area (Å²) in [7, 11) is 0. The molecule has 0 radical (unpaired) electrons. The highest BCUT2D eigenvalue weighted by molar-refractivity contribution is 6.30. The molecule has 0 aliphatic carbocycles. The number of amides is 2. The van der Waals surface area contributed by atoms with Gasteiger partial charge in [-0.1, -0.05) is 36.7 Å². The lowest BCUT2D eigenvalue weighted by molar-refractivity contribution is 0.262. The number of aryl methyl sites for hydroxylation is 3. The highest BCUT2D eigenvalue weighted by Gasteiger charge is 2.09. The van der Waals surface area contributed by atoms with Gasteiger partial charge in [-0.05, 0) is 55.2 Å². The first kappa shape index (κ1) is 15.4. The van der Waals surface area contributed by atoms with Gasteiger partial charge in [0, 0.05) is 16.4 Å². The molecule has 21 heavy (non-hydrogen) atoms. The number of urea groups is 1. The van der Waals surface area contributed by atoms with Gasteiger partial charge in [0.1, 0.15) is 0 Å². The van der Waals surface area contributed by atoms with Crippen LogP contribution < -0.4 is 10.6 Å². The Bertz CT molecular complexity index is 668. The van der Waals surface area contributed by atoms with Crippen LogP contribution in [-0.4, -0.2) is 6.03 Å². The van der Waals surface area contributed by atoms with Crippen LogP contribution in [0.4, 0.5) is 16.2 Å². The minimum Gasteiger partial charge on any atom is -0.307 e. The fourth-order valence-corrected chi connectivity index (χ4v) is 2.46. The summed E-state index contributed by atoms with van der Waals surface area (Å²) < 4.78 is 0. The SMILES string of the molecule is CCc1cccc(C)c1NC(=O)Nc1ccc(Cl)cc1C. The van der Waals surface area contributed by atoms with Crippen molar-refractivity contribution in [3.63, 3.8) is 0 Å². The second-order valence-electron chi connectivity index (χ2n) is 5.00. The Balaban J connectivity index is 2.15. The predicted octanol–water partition coefficient (Wildman–Crippen LogP) is 5.16. The van der Waals surface area contributed by atoms with Crippen molar-refractivity contribution in [2.45, 2.75) is 27.2 Å². The second kappa shape index (κ2) is 6.64. The van der Waals surface area contributed by atoms with Gasteiger partial charge in [-0.25, -0.2) is 4.79 Å². The molecule has 0 aliphatic rings. The van der Waals surface area contributed by atoms with Crippen LogP contribution in [0.15, 0.2) is 36.4 Å². The van der Waals surface area contributed by atoms with Crippen LogP contribution in [0.1, 0.15) is 23.6 Å². The fraction of sp³-hybridized carbons (Fsp3) is 0.235. The molecule has 4 heteroatoms. The maximum absolute atomic E-state index is 12.2. The molecule has 0 unspecified atom stereocenters. The first-order chi connectivity index (χ1) is 10.0. The predicted molar refractivity (Wildman–Crippen MR) is 89.4 cm³/mol. The summed E-state index contributed by atoms with van der Waals surface area (Å²) in [6.45, 7) is 5.97. The van der Waals surface area contributed by atoms with Crippen molar-refractivity contribution in [2.24, 2.45) is 0 Å². The number of nitrogens with one attached hydrogen (secondary N) is 2. The van der Waals surface area contributed by atoms with Crippen LogP contribution in [0.2, 0.25) is 5.02 Å². The number of hydrogen-bond acceptors (Lipinski definition) is 1. The molecule has 0 fully saturated rings. The van der Waals surface area contributed by atoms with Crippen molar-refractivity contribution in [1.82, 2.24) is 0 Å². The zero-order valence-corrected chi connectivity index (χ0v) is 13.2. The lowest BCUT2D eigenvalue weighted by Gasteiger charge is -2.14. The minimum atomic E-state index is -0.246. The molecule has 0 spiro atoms. The van der Waals surface area contributed by atoms with Gasteiger partial charge >= 0.3 is 6.03 Å². The largest absolute Gasteiger partial charge is 0.323 e. The molecule has 3 nitrogen and oxygen atoms in total. The number of hydrogen-bond donors (Lipinski definition) is 2. The van der Waals surface area contributed by atoms with Gasteiger partial charge in [0.25, 0.3) is 0 Å². The van der Waals surface area contributed by atoms with Crippen molar-refractivity contribution < 1.29 is 4.79 Å². The quantitative estimate of drug-likeness (QED) is 0.807. The molecule has 2 aromatic rings. The molecule has 2 aromatic carbocycles. The van der Waals surface area contributed by atoms with Crippen molar-refractivity contribution in [2.75, 3.05) is 10.6 Å². The zero-order valence-electron chi connectivity index (χ0n) is 12.5. The highest BCUT2D eigenvalue weighted by Crippen LogP contribution is 2.23. The van der Waals surface area contributed by atoms with Crippen LogP contribution in [0.3, 0.4) is 0 Å². The maximum atomic E-state index is 12.2. The number of carbonyl (C=O) groups is 1. The molecular formula is C17H19ClN2O. The van der Waals surface area contributed by atoms with Crippen LogP contribution >= 0.6 is 11.6 Å². The van der Waals surface area contributed by atoms with Crippen molar-refractivity contribution in [3.05, 3.63) is 58.1 Å². The third-order valence-corrected chi connectivity index (χ3v) is 3.65. The molecule has 2 rings (SSSR count). The summed E-state index contributed by atoms with van der Waals surface area (Å²) in [6.07, 6.45) is 0.872. The third-order valence-electron chi connectivity index (χ3n) is 3.42. The van der Waals surface area contributed by atoms with Crippen LogP contribution in [0.5, 0.6) is 0 Å². The Morgan fingerprint density at radius 2 is 1.86 bits per heavy atom. The molecule has 0 heterocycles. The molecule has 0 bridgehead atoms. The number of carbonyl (C=O) groups excluding carboxylic acids is 1. The summed E-state index contributed by atoms with van der Waals surface area (Å²) in [5.74, 6) is 0. The number of benzene rings is 2. The molecule has 0 saturated heterocycles. The summed E-state index contributed by atoms with van der Waals surface area (Å²) in [5.41, 5.74) is 4.74. The molecular weight excluding hydrogens is 284 g/mol. The summed E-state index contributed by atoms with van der Waals surface area (Å²) in [4.78, 5) is 12.2. The Morgan fingerprint density at radius 1 is 1.10 bits per heavy atom. The van der Waals surface area contributed by atoms with E-state index in [1.165, 1.54) is 0 Å². The molecule has 0 atom stereocenters. The minimum absolute atomic E-state index is 0.246. The number of halogens is 1. The summed E-state index contributed by atoms with van der Waals surface area (Å²) in [6, 6.07) is 11.1. The Morgan fingerprint density at radius 3 is 2.52 bits per heavy atom. The molecule has 0 aliphatic heterocycles. The van der Waals surface area contributed by atoms with E-state index >= 15 is 0 Å². The number of para-hydroxylation sites is 1. The zero-order chi connectivity index (χ0) is 15.4. The molecule has 110 valence electrons. The van der Waals surface area contributed by atoms with E-state index in [0.29, 0.717) is 5.02 Å². The topological polar surface area (TPSA) is 41.1 Å². The Labute approximate surface area is 130 Å². The molecule has 0 saturated carbocycles. The van der Waals surface area contributed by atoms with E-state index in [1.54, 1.807) is 12.1 Å². The van der Waals surface area contributed by atoms with Gasteiger partial charge in [-0.2, -0.15) is 0 Å². The highest BCUT2D eigenvalue weighted by atomic mass is 35.5. The fourth-order valence-electron chi connectivity index (χ4n) is 2.24. The van der Waals surface area contributed by atoms with Gasteiger partial charge in [-0.3, -0.25) is 0 Å². The monoisotopic (exact) mass is 302 g/mol. The number of rotatable bonds is 3. The van der Waals surface area contributed by atoms with E-state index < -0.39 is 0 Å². The van der Waals surface area contributed by atoms with E-state index in [9.17, 15) is 4.79 Å². The second-order valence-corrected chi connectivity index (χ2v) is 5.44. The molecule has 0 aromatic heterocycles. The lowest BCUT2D eigenvalue weighted by atomic mass is 10.1. The lowest BCUT2D eigenvalue weighted by Crippen LogP contribution is -2.21. The van der Waals surface area contributed by atoms with Crippen molar-refractivity contribution in [1.29, 1.82) is 0 Å². The average molecular weight is 303 g/mol. The molecule has 2 amide bonds. The van der Waals surface area contributed by atoms with Gasteiger partial charge in [0.2, 0.25) is 0 Å². The molecule has 2 N–H and O–H groups in total. The van der Waals surface area contributed by atoms with Gasteiger partial charge < -0.3 is 10.6 Å².